The van der Waals surface area contributed by atoms with Crippen molar-refractivity contribution in [3.8, 4) is 5.82 Å². The molecule has 8 heteroatoms. The fraction of sp³-hybridized carbons (Fsp3) is 0.0769. The largest absolute Gasteiger partial charge is 0.416 e. The smallest absolute Gasteiger partial charge is 0.299 e. The summed E-state index contributed by atoms with van der Waals surface area (Å²) in [6.07, 6.45) is -2.76. The number of aromatic nitrogens is 3. The Morgan fingerprint density at radius 2 is 1.86 bits per heavy atom. The maximum Gasteiger partial charge on any atom is 0.416 e. The van der Waals surface area contributed by atoms with Gasteiger partial charge in [0.25, 0.3) is 0 Å². The number of hydrogen-bond donors (Lipinski definition) is 0. The number of halogens is 5. The zero-order valence-corrected chi connectivity index (χ0v) is 12.5. The lowest BCUT2D eigenvalue weighted by molar-refractivity contribution is -0.137. The minimum atomic E-state index is -4.40. The molecule has 3 rings (SSSR count). The molecule has 1 aromatic carbocycles. The van der Waals surface area contributed by atoms with Crippen molar-refractivity contribution in [3.63, 3.8) is 0 Å². The SMILES string of the molecule is FC(F)(F)c1ccc2c(Br)cn(-c3ccc(Cl)nn3)c2c1. The van der Waals surface area contributed by atoms with E-state index in [0.717, 1.165) is 12.1 Å². The predicted molar refractivity (Wildman–Crippen MR) is 76.6 cm³/mol. The molecule has 0 aliphatic carbocycles. The van der Waals surface area contributed by atoms with Gasteiger partial charge in [0.15, 0.2) is 11.0 Å². The number of rotatable bonds is 1. The summed E-state index contributed by atoms with van der Waals surface area (Å²) < 4.78 is 40.7. The highest BCUT2D eigenvalue weighted by atomic mass is 79.9. The van der Waals surface area contributed by atoms with Gasteiger partial charge in [-0.1, -0.05) is 17.7 Å². The van der Waals surface area contributed by atoms with Crippen LogP contribution in [0.5, 0.6) is 0 Å². The Kier molecular flexibility index (Phi) is 3.41. The minimum Gasteiger partial charge on any atom is -0.299 e. The molecule has 3 nitrogen and oxygen atoms in total. The van der Waals surface area contributed by atoms with E-state index in [-0.39, 0.29) is 5.15 Å². The third kappa shape index (κ3) is 2.63. The Labute approximate surface area is 130 Å². The lowest BCUT2D eigenvalue weighted by Crippen LogP contribution is -2.05. The third-order valence-corrected chi connectivity index (χ3v) is 3.78. The highest BCUT2D eigenvalue weighted by molar-refractivity contribution is 9.10. The molecular formula is C13H6BrClF3N3. The second kappa shape index (κ2) is 4.99. The van der Waals surface area contributed by atoms with E-state index in [4.69, 9.17) is 11.6 Å². The van der Waals surface area contributed by atoms with Gasteiger partial charge in [0.1, 0.15) is 0 Å². The van der Waals surface area contributed by atoms with E-state index in [1.165, 1.54) is 16.7 Å². The fourth-order valence-corrected chi connectivity index (χ4v) is 2.63. The van der Waals surface area contributed by atoms with Gasteiger partial charge in [0.05, 0.1) is 11.1 Å². The van der Waals surface area contributed by atoms with Gasteiger partial charge in [0.2, 0.25) is 0 Å². The van der Waals surface area contributed by atoms with Crippen molar-refractivity contribution in [2.45, 2.75) is 6.18 Å². The topological polar surface area (TPSA) is 30.7 Å². The van der Waals surface area contributed by atoms with Crippen LogP contribution in [0.3, 0.4) is 0 Å². The molecule has 0 saturated carbocycles. The maximum atomic E-state index is 12.8. The number of hydrogen-bond acceptors (Lipinski definition) is 2. The molecule has 3 aromatic rings. The molecule has 0 saturated heterocycles. The highest BCUT2D eigenvalue weighted by Crippen LogP contribution is 2.35. The van der Waals surface area contributed by atoms with Gasteiger partial charge >= 0.3 is 6.18 Å². The van der Waals surface area contributed by atoms with Gasteiger partial charge in [-0.2, -0.15) is 13.2 Å². The van der Waals surface area contributed by atoms with Crippen LogP contribution in [0.15, 0.2) is 41.0 Å². The van der Waals surface area contributed by atoms with E-state index in [0.29, 0.717) is 21.2 Å². The molecule has 2 aromatic heterocycles. The second-order valence-electron chi connectivity index (χ2n) is 4.29. The summed E-state index contributed by atoms with van der Waals surface area (Å²) in [5.74, 6) is 0.384. The summed E-state index contributed by atoms with van der Waals surface area (Å²) in [4.78, 5) is 0. The zero-order chi connectivity index (χ0) is 15.2. The molecule has 0 amide bonds. The molecule has 0 unspecified atom stereocenters. The monoisotopic (exact) mass is 375 g/mol. The van der Waals surface area contributed by atoms with Crippen LogP contribution in [-0.2, 0) is 6.18 Å². The van der Waals surface area contributed by atoms with Crippen molar-refractivity contribution in [1.82, 2.24) is 14.8 Å². The molecule has 108 valence electrons. The molecule has 0 aliphatic rings. The average molecular weight is 377 g/mol. The first kappa shape index (κ1) is 14.3. The van der Waals surface area contributed by atoms with Gasteiger partial charge in [-0.3, -0.25) is 4.57 Å². The van der Waals surface area contributed by atoms with Gasteiger partial charge in [0, 0.05) is 16.1 Å². The van der Waals surface area contributed by atoms with Crippen LogP contribution in [0.4, 0.5) is 13.2 Å². The van der Waals surface area contributed by atoms with E-state index in [2.05, 4.69) is 26.1 Å². The van der Waals surface area contributed by atoms with Gasteiger partial charge in [-0.25, -0.2) is 0 Å². The number of benzene rings is 1. The third-order valence-electron chi connectivity index (χ3n) is 2.95. The van der Waals surface area contributed by atoms with Crippen molar-refractivity contribution in [2.75, 3.05) is 0 Å². The summed E-state index contributed by atoms with van der Waals surface area (Å²) in [6, 6.07) is 6.65. The molecule has 2 heterocycles. The van der Waals surface area contributed by atoms with Crippen LogP contribution in [0.2, 0.25) is 5.15 Å². The molecule has 0 N–H and O–H groups in total. The van der Waals surface area contributed by atoms with Crippen LogP contribution in [0.25, 0.3) is 16.7 Å². The minimum absolute atomic E-state index is 0.213. The Bertz CT molecular complexity index is 812. The molecule has 21 heavy (non-hydrogen) atoms. The summed E-state index contributed by atoms with van der Waals surface area (Å²) in [5.41, 5.74) is -0.336. The first-order valence-corrected chi connectivity index (χ1v) is 6.91. The van der Waals surface area contributed by atoms with E-state index in [9.17, 15) is 13.2 Å². The molecule has 0 bridgehead atoms. The first-order chi connectivity index (χ1) is 9.86. The Morgan fingerprint density at radius 1 is 1.10 bits per heavy atom. The molecule has 0 aliphatic heterocycles. The van der Waals surface area contributed by atoms with E-state index >= 15 is 0 Å². The van der Waals surface area contributed by atoms with E-state index in [1.807, 2.05) is 0 Å². The molecular weight excluding hydrogens is 371 g/mol. The normalized spacial score (nSPS) is 12.0. The Morgan fingerprint density at radius 3 is 2.48 bits per heavy atom. The van der Waals surface area contributed by atoms with Crippen LogP contribution in [0.1, 0.15) is 5.56 Å². The van der Waals surface area contributed by atoms with Crippen molar-refractivity contribution in [2.24, 2.45) is 0 Å². The number of nitrogens with zero attached hydrogens (tertiary/aromatic N) is 3. The second-order valence-corrected chi connectivity index (χ2v) is 5.53. The van der Waals surface area contributed by atoms with E-state index < -0.39 is 11.7 Å². The number of fused-ring (bicyclic) bond motifs is 1. The van der Waals surface area contributed by atoms with Gasteiger partial charge in [-0.15, -0.1) is 10.2 Å². The van der Waals surface area contributed by atoms with Crippen LogP contribution in [-0.4, -0.2) is 14.8 Å². The molecule has 0 spiro atoms. The molecule has 0 atom stereocenters. The summed E-state index contributed by atoms with van der Waals surface area (Å²) in [5, 5.41) is 8.45. The summed E-state index contributed by atoms with van der Waals surface area (Å²) in [6.45, 7) is 0. The lowest BCUT2D eigenvalue weighted by Gasteiger charge is -2.08. The molecule has 0 fully saturated rings. The van der Waals surface area contributed by atoms with Gasteiger partial charge < -0.3 is 0 Å². The van der Waals surface area contributed by atoms with Crippen LogP contribution >= 0.6 is 27.5 Å². The average Bonchev–Trinajstić information content (AvgIpc) is 2.76. The fourth-order valence-electron chi connectivity index (χ4n) is 1.99. The van der Waals surface area contributed by atoms with Crippen molar-refractivity contribution in [1.29, 1.82) is 0 Å². The van der Waals surface area contributed by atoms with E-state index in [1.54, 1.807) is 12.3 Å². The van der Waals surface area contributed by atoms with Crippen molar-refractivity contribution < 1.29 is 13.2 Å². The zero-order valence-electron chi connectivity index (χ0n) is 10.2. The van der Waals surface area contributed by atoms with Gasteiger partial charge in [-0.05, 0) is 40.2 Å². The Balaban J connectivity index is 2.25. The standard InChI is InChI=1S/C13H6BrClF3N3/c14-9-6-21(12-4-3-11(15)19-20-12)10-5-7(13(16,17)18)1-2-8(9)10/h1-6H. The highest BCUT2D eigenvalue weighted by Gasteiger charge is 2.31. The quantitative estimate of drug-likeness (QED) is 0.607. The Hall–Kier alpha value is -1.60. The van der Waals surface area contributed by atoms with Crippen LogP contribution in [0, 0.1) is 0 Å². The van der Waals surface area contributed by atoms with Crippen molar-refractivity contribution in [3.05, 3.63) is 51.7 Å². The summed E-state index contributed by atoms with van der Waals surface area (Å²) in [7, 11) is 0. The lowest BCUT2D eigenvalue weighted by atomic mass is 10.1. The van der Waals surface area contributed by atoms with Crippen molar-refractivity contribution >= 4 is 38.4 Å². The van der Waals surface area contributed by atoms with Crippen LogP contribution < -0.4 is 0 Å². The molecule has 0 radical (unpaired) electrons. The number of alkyl halides is 3. The maximum absolute atomic E-state index is 12.8. The predicted octanol–water partition coefficient (Wildman–Crippen LogP) is 4.86. The first-order valence-electron chi connectivity index (χ1n) is 5.73. The summed E-state index contributed by atoms with van der Waals surface area (Å²) >= 11 is 8.99.